The van der Waals surface area contributed by atoms with E-state index in [1.807, 2.05) is 12.4 Å². The zero-order valence-electron chi connectivity index (χ0n) is 13.0. The normalized spacial score (nSPS) is 27.6. The molecule has 2 heterocycles. The summed E-state index contributed by atoms with van der Waals surface area (Å²) in [6.45, 7) is 3.55. The Bertz CT molecular complexity index is 472. The number of hydrogen-bond donors (Lipinski definition) is 1. The summed E-state index contributed by atoms with van der Waals surface area (Å²) in [5.41, 5.74) is 2.27. The van der Waals surface area contributed by atoms with Crippen molar-refractivity contribution in [3.8, 4) is 0 Å². The quantitative estimate of drug-likeness (QED) is 0.905. The summed E-state index contributed by atoms with van der Waals surface area (Å²) >= 11 is 0. The van der Waals surface area contributed by atoms with E-state index in [9.17, 15) is 0 Å². The van der Waals surface area contributed by atoms with Gasteiger partial charge < -0.3 is 5.32 Å². The summed E-state index contributed by atoms with van der Waals surface area (Å²) in [4.78, 5) is 7.00. The maximum absolute atomic E-state index is 4.17. The minimum Gasteiger partial charge on any atom is -0.308 e. The van der Waals surface area contributed by atoms with Gasteiger partial charge in [-0.05, 0) is 43.4 Å². The van der Waals surface area contributed by atoms with Crippen molar-refractivity contribution in [2.45, 2.75) is 69.0 Å². The van der Waals surface area contributed by atoms with Gasteiger partial charge in [0.05, 0.1) is 0 Å². The van der Waals surface area contributed by atoms with Crippen LogP contribution in [0.3, 0.4) is 0 Å². The van der Waals surface area contributed by atoms with Gasteiger partial charge in [-0.1, -0.05) is 25.7 Å². The number of hydrogen-bond acceptors (Lipinski definition) is 3. The van der Waals surface area contributed by atoms with Gasteiger partial charge in [0.15, 0.2) is 0 Å². The van der Waals surface area contributed by atoms with Crippen LogP contribution in [0.25, 0.3) is 0 Å². The van der Waals surface area contributed by atoms with E-state index in [-0.39, 0.29) is 0 Å². The maximum Gasteiger partial charge on any atom is 0.0338 e. The van der Waals surface area contributed by atoms with Gasteiger partial charge >= 0.3 is 0 Å². The summed E-state index contributed by atoms with van der Waals surface area (Å²) in [6, 6.07) is 4.37. The molecule has 1 saturated heterocycles. The van der Waals surface area contributed by atoms with Gasteiger partial charge in [-0.25, -0.2) is 0 Å². The van der Waals surface area contributed by atoms with Gasteiger partial charge in [0, 0.05) is 43.1 Å². The Morgan fingerprint density at radius 3 is 2.38 bits per heavy atom. The lowest BCUT2D eigenvalue weighted by Crippen LogP contribution is -2.68. The van der Waals surface area contributed by atoms with E-state index < -0.39 is 0 Å². The van der Waals surface area contributed by atoms with E-state index >= 15 is 0 Å². The molecular formula is C18H27N3. The molecule has 114 valence electrons. The average Bonchev–Trinajstić information content (AvgIpc) is 3.15. The minimum absolute atomic E-state index is 0.418. The van der Waals surface area contributed by atoms with E-state index in [2.05, 4.69) is 27.3 Å². The second kappa shape index (κ2) is 5.36. The minimum atomic E-state index is 0.418. The SMILES string of the molecule is c1cc(CN2CC3(CCCC3)NCC23CCCC3)ccn1. The van der Waals surface area contributed by atoms with Crippen LogP contribution in [0.1, 0.15) is 56.9 Å². The summed E-state index contributed by atoms with van der Waals surface area (Å²) in [7, 11) is 0. The highest BCUT2D eigenvalue weighted by atomic mass is 15.3. The third-order valence-electron chi connectivity index (χ3n) is 6.17. The van der Waals surface area contributed by atoms with E-state index in [1.54, 1.807) is 0 Å². The Labute approximate surface area is 128 Å². The molecule has 1 aromatic rings. The molecule has 0 aromatic carbocycles. The first-order chi connectivity index (χ1) is 10.3. The molecule has 0 atom stereocenters. The third kappa shape index (κ3) is 2.51. The van der Waals surface area contributed by atoms with Crippen molar-refractivity contribution < 1.29 is 0 Å². The van der Waals surface area contributed by atoms with Gasteiger partial charge in [0.1, 0.15) is 0 Å². The van der Waals surface area contributed by atoms with Crippen molar-refractivity contribution in [3.05, 3.63) is 30.1 Å². The topological polar surface area (TPSA) is 28.2 Å². The van der Waals surface area contributed by atoms with Crippen molar-refractivity contribution >= 4 is 0 Å². The highest BCUT2D eigenvalue weighted by Crippen LogP contribution is 2.43. The average molecular weight is 285 g/mol. The first kappa shape index (κ1) is 13.7. The molecule has 2 saturated carbocycles. The van der Waals surface area contributed by atoms with Gasteiger partial charge in [0.25, 0.3) is 0 Å². The number of rotatable bonds is 2. The van der Waals surface area contributed by atoms with Gasteiger partial charge in [0.2, 0.25) is 0 Å². The molecular weight excluding hydrogens is 258 g/mol. The van der Waals surface area contributed by atoms with E-state index in [0.29, 0.717) is 11.1 Å². The molecule has 4 rings (SSSR count). The summed E-state index contributed by atoms with van der Waals surface area (Å²) in [6.07, 6.45) is 15.0. The standard InChI is InChI=1S/C18H27N3/c1-2-8-17(7-1)15-21(13-16-5-11-19-12-6-16)18(14-20-17)9-3-4-10-18/h5-6,11-12,20H,1-4,7-10,13-15H2. The molecule has 2 spiro atoms. The first-order valence-corrected chi connectivity index (χ1v) is 8.69. The molecule has 2 aliphatic carbocycles. The molecule has 0 radical (unpaired) electrons. The van der Waals surface area contributed by atoms with E-state index in [0.717, 1.165) is 6.54 Å². The number of piperazine rings is 1. The molecule has 3 nitrogen and oxygen atoms in total. The molecule has 3 heteroatoms. The number of nitrogens with zero attached hydrogens (tertiary/aromatic N) is 2. The highest BCUT2D eigenvalue weighted by Gasteiger charge is 2.49. The lowest BCUT2D eigenvalue weighted by molar-refractivity contribution is 0.00274. The Hall–Kier alpha value is -0.930. The summed E-state index contributed by atoms with van der Waals surface area (Å²) in [5, 5.41) is 3.99. The van der Waals surface area contributed by atoms with Crippen LogP contribution in [0.4, 0.5) is 0 Å². The fraction of sp³-hybridized carbons (Fsp3) is 0.722. The highest BCUT2D eigenvalue weighted by molar-refractivity contribution is 5.14. The molecule has 1 aliphatic heterocycles. The molecule has 1 N–H and O–H groups in total. The molecule has 21 heavy (non-hydrogen) atoms. The van der Waals surface area contributed by atoms with Crippen molar-refractivity contribution in [3.63, 3.8) is 0 Å². The summed E-state index contributed by atoms with van der Waals surface area (Å²) < 4.78 is 0. The first-order valence-electron chi connectivity index (χ1n) is 8.69. The third-order valence-corrected chi connectivity index (χ3v) is 6.17. The van der Waals surface area contributed by atoms with E-state index in [4.69, 9.17) is 0 Å². The second-order valence-corrected chi connectivity index (χ2v) is 7.48. The molecule has 3 aliphatic rings. The Kier molecular flexibility index (Phi) is 3.50. The lowest BCUT2D eigenvalue weighted by atomic mass is 9.84. The van der Waals surface area contributed by atoms with Crippen LogP contribution >= 0.6 is 0 Å². The molecule has 0 unspecified atom stereocenters. The predicted octanol–water partition coefficient (Wildman–Crippen LogP) is 3.11. The fourth-order valence-electron chi connectivity index (χ4n) is 4.90. The molecule has 0 amide bonds. The van der Waals surface area contributed by atoms with Gasteiger partial charge in [-0.2, -0.15) is 0 Å². The van der Waals surface area contributed by atoms with Crippen LogP contribution in [0.2, 0.25) is 0 Å². The van der Waals surface area contributed by atoms with Crippen molar-refractivity contribution in [1.29, 1.82) is 0 Å². The second-order valence-electron chi connectivity index (χ2n) is 7.48. The van der Waals surface area contributed by atoms with Crippen LogP contribution in [0.5, 0.6) is 0 Å². The summed E-state index contributed by atoms with van der Waals surface area (Å²) in [5.74, 6) is 0. The maximum atomic E-state index is 4.17. The number of aromatic nitrogens is 1. The molecule has 3 fully saturated rings. The van der Waals surface area contributed by atoms with Crippen LogP contribution in [-0.4, -0.2) is 34.1 Å². The molecule has 1 aromatic heterocycles. The van der Waals surface area contributed by atoms with Crippen LogP contribution < -0.4 is 5.32 Å². The van der Waals surface area contributed by atoms with Crippen molar-refractivity contribution in [1.82, 2.24) is 15.2 Å². The predicted molar refractivity (Wildman–Crippen MR) is 85.0 cm³/mol. The van der Waals surface area contributed by atoms with Crippen molar-refractivity contribution in [2.75, 3.05) is 13.1 Å². The number of nitrogens with one attached hydrogen (secondary N) is 1. The zero-order chi connectivity index (χ0) is 14.2. The van der Waals surface area contributed by atoms with Crippen molar-refractivity contribution in [2.24, 2.45) is 0 Å². The Morgan fingerprint density at radius 2 is 1.67 bits per heavy atom. The van der Waals surface area contributed by atoms with Gasteiger partial charge in [-0.15, -0.1) is 0 Å². The van der Waals surface area contributed by atoms with Crippen LogP contribution in [0.15, 0.2) is 24.5 Å². The largest absolute Gasteiger partial charge is 0.308 e. The Balaban J connectivity index is 1.58. The monoisotopic (exact) mass is 285 g/mol. The Morgan fingerprint density at radius 1 is 1.00 bits per heavy atom. The smallest absolute Gasteiger partial charge is 0.0338 e. The number of pyridine rings is 1. The van der Waals surface area contributed by atoms with Crippen LogP contribution in [0, 0.1) is 0 Å². The zero-order valence-corrected chi connectivity index (χ0v) is 13.0. The molecule has 0 bridgehead atoms. The fourth-order valence-corrected chi connectivity index (χ4v) is 4.90. The lowest BCUT2D eigenvalue weighted by Gasteiger charge is -2.53. The van der Waals surface area contributed by atoms with Gasteiger partial charge in [-0.3, -0.25) is 9.88 Å². The van der Waals surface area contributed by atoms with Crippen LogP contribution in [-0.2, 0) is 6.54 Å². The van der Waals surface area contributed by atoms with E-state index in [1.165, 1.54) is 70.0 Å².